The molecule has 0 spiro atoms. The molecular weight excluding hydrogens is 164 g/mol. The average Bonchev–Trinajstić information content (AvgIpc) is 2.08. The molecule has 1 aliphatic heterocycles. The molecule has 0 aromatic heterocycles. The molecule has 1 saturated heterocycles. The first-order valence-corrected chi connectivity index (χ1v) is 5.28. The minimum Gasteiger partial charge on any atom is -0.393 e. The lowest BCUT2D eigenvalue weighted by Crippen LogP contribution is -2.41. The van der Waals surface area contributed by atoms with Crippen LogP contribution < -0.4 is 5.32 Å². The highest BCUT2D eigenvalue weighted by Gasteiger charge is 2.15. The highest BCUT2D eigenvalue weighted by atomic mass is 16.3. The predicted octanol–water partition coefficient (Wildman–Crippen LogP) is 0.441. The molecule has 1 aliphatic rings. The summed E-state index contributed by atoms with van der Waals surface area (Å²) < 4.78 is 0. The van der Waals surface area contributed by atoms with Crippen LogP contribution in [-0.4, -0.2) is 48.8 Å². The first-order chi connectivity index (χ1) is 6.18. The van der Waals surface area contributed by atoms with E-state index in [0.29, 0.717) is 6.04 Å². The lowest BCUT2D eigenvalue weighted by Gasteiger charge is -2.29. The van der Waals surface area contributed by atoms with Crippen LogP contribution in [0.4, 0.5) is 0 Å². The van der Waals surface area contributed by atoms with E-state index in [4.69, 9.17) is 5.11 Å². The van der Waals surface area contributed by atoms with Crippen LogP contribution in [0.3, 0.4) is 0 Å². The first-order valence-electron chi connectivity index (χ1n) is 5.28. The summed E-state index contributed by atoms with van der Waals surface area (Å²) in [5.74, 6) is 0. The number of aliphatic hydroxyl groups is 1. The third-order valence-electron chi connectivity index (χ3n) is 2.71. The summed E-state index contributed by atoms with van der Waals surface area (Å²) in [5.41, 5.74) is 0. The molecule has 0 bridgehead atoms. The summed E-state index contributed by atoms with van der Waals surface area (Å²) in [5, 5.41) is 12.6. The van der Waals surface area contributed by atoms with Crippen LogP contribution in [0.15, 0.2) is 0 Å². The van der Waals surface area contributed by atoms with Crippen LogP contribution in [0.5, 0.6) is 0 Å². The second-order valence-corrected chi connectivity index (χ2v) is 4.17. The van der Waals surface area contributed by atoms with Gasteiger partial charge >= 0.3 is 0 Å². The standard InChI is InChI=1S/C10H22N2O/c1-9(13)3-6-11-10-4-7-12(2)8-5-10/h9-11,13H,3-8H2,1-2H3/t9-/m1/s1. The van der Waals surface area contributed by atoms with Crippen molar-refractivity contribution in [3.8, 4) is 0 Å². The maximum absolute atomic E-state index is 9.08. The maximum Gasteiger partial charge on any atom is 0.0524 e. The third-order valence-corrected chi connectivity index (χ3v) is 2.71. The van der Waals surface area contributed by atoms with E-state index in [1.54, 1.807) is 0 Å². The molecule has 1 heterocycles. The monoisotopic (exact) mass is 186 g/mol. The SMILES string of the molecule is C[C@@H](O)CCNC1CCN(C)CC1. The Balaban J connectivity index is 2.02. The van der Waals surface area contributed by atoms with Gasteiger partial charge in [0.25, 0.3) is 0 Å². The Labute approximate surface area is 81.1 Å². The van der Waals surface area contributed by atoms with Gasteiger partial charge in [0, 0.05) is 6.04 Å². The minimum absolute atomic E-state index is 0.168. The molecule has 0 amide bonds. The highest BCUT2D eigenvalue weighted by Crippen LogP contribution is 2.07. The molecule has 2 N–H and O–H groups in total. The van der Waals surface area contributed by atoms with E-state index in [1.165, 1.54) is 25.9 Å². The smallest absolute Gasteiger partial charge is 0.0524 e. The van der Waals surface area contributed by atoms with E-state index in [1.807, 2.05) is 6.92 Å². The van der Waals surface area contributed by atoms with Gasteiger partial charge in [0.15, 0.2) is 0 Å². The molecule has 3 nitrogen and oxygen atoms in total. The van der Waals surface area contributed by atoms with Crippen molar-refractivity contribution in [1.29, 1.82) is 0 Å². The van der Waals surface area contributed by atoms with E-state index in [0.717, 1.165) is 13.0 Å². The van der Waals surface area contributed by atoms with Gasteiger partial charge in [0.05, 0.1) is 6.10 Å². The van der Waals surface area contributed by atoms with Gasteiger partial charge in [0.2, 0.25) is 0 Å². The van der Waals surface area contributed by atoms with Crippen LogP contribution in [0.25, 0.3) is 0 Å². The average molecular weight is 186 g/mol. The number of hydrogen-bond acceptors (Lipinski definition) is 3. The number of piperidine rings is 1. The van der Waals surface area contributed by atoms with Gasteiger partial charge in [0.1, 0.15) is 0 Å². The zero-order chi connectivity index (χ0) is 9.68. The van der Waals surface area contributed by atoms with Crippen molar-refractivity contribution in [3.63, 3.8) is 0 Å². The zero-order valence-corrected chi connectivity index (χ0v) is 8.79. The quantitative estimate of drug-likeness (QED) is 0.669. The Morgan fingerprint density at radius 3 is 2.62 bits per heavy atom. The van der Waals surface area contributed by atoms with Gasteiger partial charge in [-0.15, -0.1) is 0 Å². The summed E-state index contributed by atoms with van der Waals surface area (Å²) in [7, 11) is 2.17. The highest BCUT2D eigenvalue weighted by molar-refractivity contribution is 4.75. The molecule has 1 atom stereocenters. The Hall–Kier alpha value is -0.120. The maximum atomic E-state index is 9.08. The Bertz CT molecular complexity index is 131. The van der Waals surface area contributed by atoms with Crippen LogP contribution >= 0.6 is 0 Å². The van der Waals surface area contributed by atoms with Crippen molar-refractivity contribution in [3.05, 3.63) is 0 Å². The van der Waals surface area contributed by atoms with E-state index in [2.05, 4.69) is 17.3 Å². The van der Waals surface area contributed by atoms with Gasteiger partial charge in [-0.05, 0) is 52.9 Å². The summed E-state index contributed by atoms with van der Waals surface area (Å²) in [6.07, 6.45) is 3.19. The van der Waals surface area contributed by atoms with E-state index in [9.17, 15) is 0 Å². The molecule has 3 heteroatoms. The van der Waals surface area contributed by atoms with Crippen LogP contribution in [0.2, 0.25) is 0 Å². The molecule has 0 saturated carbocycles. The number of nitrogens with zero attached hydrogens (tertiary/aromatic N) is 1. The molecule has 0 aromatic carbocycles. The second kappa shape index (κ2) is 5.58. The molecule has 1 fully saturated rings. The molecule has 78 valence electrons. The zero-order valence-electron chi connectivity index (χ0n) is 8.79. The first kappa shape index (κ1) is 11.0. The number of likely N-dealkylation sites (tertiary alicyclic amines) is 1. The van der Waals surface area contributed by atoms with Gasteiger partial charge in [-0.2, -0.15) is 0 Å². The van der Waals surface area contributed by atoms with Crippen molar-refractivity contribution in [1.82, 2.24) is 10.2 Å². The summed E-state index contributed by atoms with van der Waals surface area (Å²) in [6.45, 7) is 5.20. The molecule has 0 unspecified atom stereocenters. The molecule has 0 aromatic rings. The summed E-state index contributed by atoms with van der Waals surface area (Å²) in [6, 6.07) is 0.676. The van der Waals surface area contributed by atoms with E-state index >= 15 is 0 Å². The lowest BCUT2D eigenvalue weighted by atomic mass is 10.1. The number of rotatable bonds is 4. The fraction of sp³-hybridized carbons (Fsp3) is 1.00. The number of aliphatic hydroxyl groups excluding tert-OH is 1. The Morgan fingerprint density at radius 2 is 2.08 bits per heavy atom. The molecule has 1 rings (SSSR count). The second-order valence-electron chi connectivity index (χ2n) is 4.17. The van der Waals surface area contributed by atoms with Crippen molar-refractivity contribution in [2.24, 2.45) is 0 Å². The summed E-state index contributed by atoms with van der Waals surface area (Å²) in [4.78, 5) is 2.37. The van der Waals surface area contributed by atoms with Gasteiger partial charge < -0.3 is 15.3 Å². The van der Waals surface area contributed by atoms with E-state index < -0.39 is 0 Å². The van der Waals surface area contributed by atoms with Crippen molar-refractivity contribution >= 4 is 0 Å². The summed E-state index contributed by atoms with van der Waals surface area (Å²) >= 11 is 0. The van der Waals surface area contributed by atoms with Crippen LogP contribution in [-0.2, 0) is 0 Å². The largest absolute Gasteiger partial charge is 0.393 e. The Morgan fingerprint density at radius 1 is 1.46 bits per heavy atom. The lowest BCUT2D eigenvalue weighted by molar-refractivity contribution is 0.176. The van der Waals surface area contributed by atoms with Gasteiger partial charge in [-0.3, -0.25) is 0 Å². The molecular formula is C10H22N2O. The van der Waals surface area contributed by atoms with Crippen molar-refractivity contribution in [2.75, 3.05) is 26.7 Å². The molecule has 13 heavy (non-hydrogen) atoms. The normalized spacial score (nSPS) is 23.3. The fourth-order valence-electron chi connectivity index (χ4n) is 1.71. The van der Waals surface area contributed by atoms with Crippen LogP contribution in [0.1, 0.15) is 26.2 Å². The van der Waals surface area contributed by atoms with E-state index in [-0.39, 0.29) is 6.10 Å². The topological polar surface area (TPSA) is 35.5 Å². The minimum atomic E-state index is -0.168. The van der Waals surface area contributed by atoms with Crippen LogP contribution in [0, 0.1) is 0 Å². The van der Waals surface area contributed by atoms with Crippen molar-refractivity contribution in [2.45, 2.75) is 38.3 Å². The molecule has 0 radical (unpaired) electrons. The Kier molecular flexibility index (Phi) is 4.70. The van der Waals surface area contributed by atoms with Gasteiger partial charge in [-0.1, -0.05) is 0 Å². The van der Waals surface area contributed by atoms with Crippen molar-refractivity contribution < 1.29 is 5.11 Å². The fourth-order valence-corrected chi connectivity index (χ4v) is 1.71. The predicted molar refractivity (Wildman–Crippen MR) is 54.8 cm³/mol. The number of nitrogens with one attached hydrogen (secondary N) is 1. The third kappa shape index (κ3) is 4.60. The van der Waals surface area contributed by atoms with Gasteiger partial charge in [-0.25, -0.2) is 0 Å². The molecule has 0 aliphatic carbocycles. The number of hydrogen-bond donors (Lipinski definition) is 2.